The first-order valence-electron chi connectivity index (χ1n) is 5.32. The lowest BCUT2D eigenvalue weighted by atomic mass is 10.3. The Morgan fingerprint density at radius 2 is 2.00 bits per heavy atom. The second-order valence-corrected chi connectivity index (χ2v) is 5.91. The number of aromatic nitrogens is 2. The summed E-state index contributed by atoms with van der Waals surface area (Å²) in [4.78, 5) is 0.0545. The van der Waals surface area contributed by atoms with E-state index in [2.05, 4.69) is 10.4 Å². The Balaban J connectivity index is 2.14. The fraction of sp³-hybridized carbons (Fsp3) is 0.0909. The van der Waals surface area contributed by atoms with E-state index in [-0.39, 0.29) is 4.90 Å². The molecule has 0 aliphatic carbocycles. The van der Waals surface area contributed by atoms with Gasteiger partial charge in [0.1, 0.15) is 0 Å². The standard InChI is InChI=1S/C11H12N4O2S2/c1-8-6-13-15(7-8)11(18)14-9-2-4-10(5-3-9)19(12,16)17/h2-7H,1H3,(H,14,18)(H2,12,16,17). The molecule has 6 nitrogen and oxygen atoms in total. The Bertz CT molecular complexity index is 705. The number of nitrogens with zero attached hydrogens (tertiary/aromatic N) is 2. The van der Waals surface area contributed by atoms with Crippen LogP contribution in [0.25, 0.3) is 0 Å². The summed E-state index contributed by atoms with van der Waals surface area (Å²) in [5.74, 6) is 0. The zero-order valence-corrected chi connectivity index (χ0v) is 11.7. The monoisotopic (exact) mass is 296 g/mol. The largest absolute Gasteiger partial charge is 0.331 e. The van der Waals surface area contributed by atoms with Crippen molar-refractivity contribution in [1.29, 1.82) is 0 Å². The van der Waals surface area contributed by atoms with Crippen molar-refractivity contribution in [1.82, 2.24) is 9.78 Å². The van der Waals surface area contributed by atoms with Crippen molar-refractivity contribution in [3.8, 4) is 0 Å². The van der Waals surface area contributed by atoms with Crippen LogP contribution in [0.4, 0.5) is 5.69 Å². The molecule has 1 heterocycles. The van der Waals surface area contributed by atoms with Gasteiger partial charge in [-0.1, -0.05) is 0 Å². The smallest absolute Gasteiger partial charge is 0.238 e. The van der Waals surface area contributed by atoms with Crippen LogP contribution in [-0.4, -0.2) is 23.3 Å². The number of aryl methyl sites for hydroxylation is 1. The minimum absolute atomic E-state index is 0.0545. The highest BCUT2D eigenvalue weighted by molar-refractivity contribution is 7.89. The average molecular weight is 296 g/mol. The van der Waals surface area contributed by atoms with Crippen LogP contribution in [0, 0.1) is 6.92 Å². The second-order valence-electron chi connectivity index (χ2n) is 3.96. The SMILES string of the molecule is Cc1cnn(C(=S)Nc2ccc(S(N)(=O)=O)cc2)c1. The minimum Gasteiger partial charge on any atom is -0.331 e. The normalized spacial score (nSPS) is 11.3. The van der Waals surface area contributed by atoms with Crippen LogP contribution in [0.15, 0.2) is 41.6 Å². The van der Waals surface area contributed by atoms with Crippen molar-refractivity contribution in [2.75, 3.05) is 5.32 Å². The second kappa shape index (κ2) is 5.08. The number of primary sulfonamides is 1. The summed E-state index contributed by atoms with van der Waals surface area (Å²) in [6, 6.07) is 5.99. The summed E-state index contributed by atoms with van der Waals surface area (Å²) >= 11 is 5.17. The molecule has 0 fully saturated rings. The summed E-state index contributed by atoms with van der Waals surface area (Å²) < 4.78 is 23.7. The molecule has 0 spiro atoms. The molecule has 0 bridgehead atoms. The molecule has 19 heavy (non-hydrogen) atoms. The van der Waals surface area contributed by atoms with Crippen molar-refractivity contribution >= 4 is 33.0 Å². The lowest BCUT2D eigenvalue weighted by Gasteiger charge is -2.08. The number of nitrogens with two attached hydrogens (primary N) is 1. The topological polar surface area (TPSA) is 90.0 Å². The molecule has 0 aliphatic rings. The highest BCUT2D eigenvalue weighted by Crippen LogP contribution is 2.13. The van der Waals surface area contributed by atoms with Crippen molar-refractivity contribution in [3.05, 3.63) is 42.2 Å². The van der Waals surface area contributed by atoms with Gasteiger partial charge in [-0.25, -0.2) is 18.2 Å². The Morgan fingerprint density at radius 1 is 1.37 bits per heavy atom. The number of nitrogens with one attached hydrogen (secondary N) is 1. The van der Waals surface area contributed by atoms with Gasteiger partial charge in [0.2, 0.25) is 10.0 Å². The summed E-state index contributed by atoms with van der Waals surface area (Å²) in [6.07, 6.45) is 3.48. The number of rotatable bonds is 2. The Kier molecular flexibility index (Phi) is 3.65. The van der Waals surface area contributed by atoms with Crippen LogP contribution in [0.5, 0.6) is 0 Å². The number of hydrogen-bond donors (Lipinski definition) is 2. The van der Waals surface area contributed by atoms with Crippen molar-refractivity contribution in [2.45, 2.75) is 11.8 Å². The van der Waals surface area contributed by atoms with Gasteiger partial charge >= 0.3 is 0 Å². The number of thiocarbonyl (C=S) groups is 1. The van der Waals surface area contributed by atoms with Crippen LogP contribution in [-0.2, 0) is 10.0 Å². The summed E-state index contributed by atoms with van der Waals surface area (Å²) in [5.41, 5.74) is 1.65. The molecule has 0 unspecified atom stereocenters. The van der Waals surface area contributed by atoms with Gasteiger partial charge in [0.15, 0.2) is 5.11 Å². The molecule has 2 rings (SSSR count). The number of sulfonamides is 1. The van der Waals surface area contributed by atoms with E-state index < -0.39 is 10.0 Å². The van der Waals surface area contributed by atoms with Crippen molar-refractivity contribution in [3.63, 3.8) is 0 Å². The van der Waals surface area contributed by atoms with E-state index in [0.29, 0.717) is 10.8 Å². The summed E-state index contributed by atoms with van der Waals surface area (Å²) in [5, 5.41) is 12.4. The lowest BCUT2D eigenvalue weighted by molar-refractivity contribution is 0.598. The average Bonchev–Trinajstić information content (AvgIpc) is 2.75. The zero-order valence-electron chi connectivity index (χ0n) is 10.1. The minimum atomic E-state index is -3.68. The fourth-order valence-corrected chi connectivity index (χ4v) is 2.17. The third-order valence-electron chi connectivity index (χ3n) is 2.35. The molecule has 2 aromatic rings. The van der Waals surface area contributed by atoms with Gasteiger partial charge in [0.25, 0.3) is 0 Å². The molecular weight excluding hydrogens is 284 g/mol. The van der Waals surface area contributed by atoms with Crippen LogP contribution in [0.3, 0.4) is 0 Å². The third kappa shape index (κ3) is 3.37. The number of benzene rings is 1. The lowest BCUT2D eigenvalue weighted by Crippen LogP contribution is -2.19. The quantitative estimate of drug-likeness (QED) is 0.810. The Hall–Kier alpha value is -1.77. The highest BCUT2D eigenvalue weighted by Gasteiger charge is 2.07. The maximum atomic E-state index is 11.1. The zero-order chi connectivity index (χ0) is 14.0. The maximum absolute atomic E-state index is 11.1. The van der Waals surface area contributed by atoms with E-state index in [1.807, 2.05) is 6.92 Å². The van der Waals surface area contributed by atoms with Crippen LogP contribution < -0.4 is 10.5 Å². The van der Waals surface area contributed by atoms with Gasteiger partial charge in [-0.15, -0.1) is 0 Å². The van der Waals surface area contributed by atoms with Crippen molar-refractivity contribution < 1.29 is 8.42 Å². The molecule has 0 saturated heterocycles. The number of anilines is 1. The molecule has 8 heteroatoms. The first kappa shape index (κ1) is 13.7. The van der Waals surface area contributed by atoms with Gasteiger partial charge < -0.3 is 5.32 Å². The third-order valence-corrected chi connectivity index (χ3v) is 3.57. The Morgan fingerprint density at radius 3 is 2.47 bits per heavy atom. The highest BCUT2D eigenvalue weighted by atomic mass is 32.2. The van der Waals surface area contributed by atoms with E-state index in [4.69, 9.17) is 17.4 Å². The molecule has 0 radical (unpaired) electrons. The molecule has 3 N–H and O–H groups in total. The molecule has 0 atom stereocenters. The van der Waals surface area contributed by atoms with Crippen LogP contribution in [0.1, 0.15) is 5.56 Å². The number of hydrogen-bond acceptors (Lipinski definition) is 4. The predicted molar refractivity (Wildman–Crippen MR) is 76.4 cm³/mol. The van der Waals surface area contributed by atoms with Gasteiger partial charge in [-0.05, 0) is 49.0 Å². The fourth-order valence-electron chi connectivity index (χ4n) is 1.43. The summed E-state index contributed by atoms with van der Waals surface area (Å²) in [7, 11) is -3.68. The van der Waals surface area contributed by atoms with E-state index in [9.17, 15) is 8.42 Å². The van der Waals surface area contributed by atoms with E-state index in [1.165, 1.54) is 16.8 Å². The van der Waals surface area contributed by atoms with E-state index >= 15 is 0 Å². The molecule has 100 valence electrons. The molecule has 1 aromatic carbocycles. The van der Waals surface area contributed by atoms with Crippen molar-refractivity contribution in [2.24, 2.45) is 5.14 Å². The van der Waals surface area contributed by atoms with E-state index in [0.717, 1.165) is 5.56 Å². The molecule has 0 aliphatic heterocycles. The predicted octanol–water partition coefficient (Wildman–Crippen LogP) is 1.08. The molecule has 0 saturated carbocycles. The van der Waals surface area contributed by atoms with Gasteiger partial charge in [-0.3, -0.25) is 0 Å². The van der Waals surface area contributed by atoms with E-state index in [1.54, 1.807) is 24.5 Å². The first-order valence-corrected chi connectivity index (χ1v) is 7.27. The maximum Gasteiger partial charge on any atom is 0.238 e. The summed E-state index contributed by atoms with van der Waals surface area (Å²) in [6.45, 7) is 1.91. The first-order chi connectivity index (χ1) is 8.86. The van der Waals surface area contributed by atoms with Gasteiger partial charge in [0.05, 0.1) is 11.1 Å². The molecular formula is C11H12N4O2S2. The molecule has 0 amide bonds. The van der Waals surface area contributed by atoms with Gasteiger partial charge in [-0.2, -0.15) is 5.10 Å². The van der Waals surface area contributed by atoms with Gasteiger partial charge in [0, 0.05) is 11.9 Å². The van der Waals surface area contributed by atoms with Crippen LogP contribution in [0.2, 0.25) is 0 Å². The Labute approximate surface area is 116 Å². The molecule has 1 aromatic heterocycles. The van der Waals surface area contributed by atoms with Crippen LogP contribution >= 0.6 is 12.2 Å².